The smallest absolute Gasteiger partial charge is 0.290 e. The van der Waals surface area contributed by atoms with Crippen LogP contribution in [0.3, 0.4) is 0 Å². The molecule has 1 saturated heterocycles. The molecule has 0 unspecified atom stereocenters. The van der Waals surface area contributed by atoms with Gasteiger partial charge >= 0.3 is 0 Å². The van der Waals surface area contributed by atoms with Crippen molar-refractivity contribution in [2.24, 2.45) is 0 Å². The summed E-state index contributed by atoms with van der Waals surface area (Å²) in [4.78, 5) is 18.8. The Morgan fingerprint density at radius 2 is 1.56 bits per heavy atom. The van der Waals surface area contributed by atoms with Gasteiger partial charge in [-0.15, -0.1) is 11.8 Å². The van der Waals surface area contributed by atoms with E-state index in [9.17, 15) is 4.79 Å². The molecular weight excluding hydrogens is 440 g/mol. The first kappa shape index (κ1) is 21.0. The van der Waals surface area contributed by atoms with Crippen molar-refractivity contribution in [1.82, 2.24) is 4.90 Å². The van der Waals surface area contributed by atoms with E-state index in [1.54, 1.807) is 11.8 Å². The quantitative estimate of drug-likeness (QED) is 0.324. The molecule has 0 atom stereocenters. The van der Waals surface area contributed by atoms with E-state index in [0.29, 0.717) is 29.6 Å². The Balaban J connectivity index is 1.35. The van der Waals surface area contributed by atoms with Crippen molar-refractivity contribution in [3.05, 3.63) is 95.2 Å². The molecule has 0 N–H and O–H groups in total. The zero-order chi connectivity index (χ0) is 21.9. The number of halogens is 1. The Labute approximate surface area is 196 Å². The molecule has 32 heavy (non-hydrogen) atoms. The largest absolute Gasteiger partial charge is 0.451 e. The first-order chi connectivity index (χ1) is 15.7. The van der Waals surface area contributed by atoms with E-state index in [0.717, 1.165) is 34.5 Å². The third-order valence-electron chi connectivity index (χ3n) is 5.78. The number of thioether (sulfide) groups is 1. The molecule has 1 aliphatic rings. The molecule has 6 heteroatoms. The fourth-order valence-electron chi connectivity index (χ4n) is 4.05. The number of piperazine rings is 1. The Morgan fingerprint density at radius 3 is 2.31 bits per heavy atom. The van der Waals surface area contributed by atoms with Gasteiger partial charge in [0.2, 0.25) is 0 Å². The van der Waals surface area contributed by atoms with Gasteiger partial charge in [-0.2, -0.15) is 0 Å². The summed E-state index contributed by atoms with van der Waals surface area (Å²) in [6.07, 6.45) is 0. The molecule has 0 spiro atoms. The molecular formula is C26H23ClN2O2S. The summed E-state index contributed by atoms with van der Waals surface area (Å²) in [5, 5.41) is 1.72. The molecule has 4 aromatic rings. The summed E-state index contributed by atoms with van der Waals surface area (Å²) in [6, 6.07) is 26.0. The van der Waals surface area contributed by atoms with Crippen molar-refractivity contribution in [3.8, 4) is 0 Å². The first-order valence-corrected chi connectivity index (χ1v) is 12.0. The van der Waals surface area contributed by atoms with E-state index in [-0.39, 0.29) is 5.91 Å². The number of hydrogen-bond acceptors (Lipinski definition) is 4. The predicted molar refractivity (Wildman–Crippen MR) is 132 cm³/mol. The number of amides is 1. The maximum absolute atomic E-state index is 13.5. The van der Waals surface area contributed by atoms with Crippen LogP contribution in [0.5, 0.6) is 0 Å². The van der Waals surface area contributed by atoms with Crippen LogP contribution in [0, 0.1) is 0 Å². The second-order valence-corrected chi connectivity index (χ2v) is 9.25. The predicted octanol–water partition coefficient (Wildman–Crippen LogP) is 6.34. The molecule has 1 amide bonds. The SMILES string of the molecule is O=C(c1oc2ccccc2c1CSc1ccc(Cl)cc1)N1CCN(c2ccccc2)CC1. The Hall–Kier alpha value is -2.89. The summed E-state index contributed by atoms with van der Waals surface area (Å²) in [5.74, 6) is 1.09. The van der Waals surface area contributed by atoms with Gasteiger partial charge in [-0.25, -0.2) is 0 Å². The zero-order valence-electron chi connectivity index (χ0n) is 17.5. The summed E-state index contributed by atoms with van der Waals surface area (Å²) in [7, 11) is 0. The minimum Gasteiger partial charge on any atom is -0.451 e. The average molecular weight is 463 g/mol. The lowest BCUT2D eigenvalue weighted by molar-refractivity contribution is 0.0716. The number of hydrogen-bond donors (Lipinski definition) is 0. The van der Waals surface area contributed by atoms with Gasteiger partial charge in [0.1, 0.15) is 5.58 Å². The lowest BCUT2D eigenvalue weighted by Gasteiger charge is -2.35. The van der Waals surface area contributed by atoms with Crippen LogP contribution in [0.15, 0.2) is 88.2 Å². The minimum absolute atomic E-state index is 0.0272. The molecule has 162 valence electrons. The highest BCUT2D eigenvalue weighted by molar-refractivity contribution is 7.98. The van der Waals surface area contributed by atoms with E-state index < -0.39 is 0 Å². The molecule has 1 fully saturated rings. The van der Waals surface area contributed by atoms with Gasteiger partial charge in [0.05, 0.1) is 0 Å². The number of benzene rings is 3. The maximum atomic E-state index is 13.5. The molecule has 5 rings (SSSR count). The molecule has 3 aromatic carbocycles. The van der Waals surface area contributed by atoms with Crippen molar-refractivity contribution < 1.29 is 9.21 Å². The van der Waals surface area contributed by atoms with Crippen LogP contribution in [0.2, 0.25) is 5.02 Å². The molecule has 0 bridgehead atoms. The van der Waals surface area contributed by atoms with Crippen LogP contribution < -0.4 is 4.90 Å². The van der Waals surface area contributed by atoms with Crippen molar-refractivity contribution >= 4 is 45.9 Å². The summed E-state index contributed by atoms with van der Waals surface area (Å²) in [6.45, 7) is 2.97. The number of furan rings is 1. The van der Waals surface area contributed by atoms with Crippen LogP contribution in [0.4, 0.5) is 5.69 Å². The van der Waals surface area contributed by atoms with Gasteiger partial charge in [0, 0.05) is 58.5 Å². The molecule has 2 heterocycles. The highest BCUT2D eigenvalue weighted by Crippen LogP contribution is 2.33. The van der Waals surface area contributed by atoms with Crippen molar-refractivity contribution in [2.45, 2.75) is 10.6 Å². The van der Waals surface area contributed by atoms with Gasteiger partial charge in [-0.05, 0) is 42.5 Å². The van der Waals surface area contributed by atoms with Crippen molar-refractivity contribution in [3.63, 3.8) is 0 Å². The Kier molecular flexibility index (Phi) is 6.10. The summed E-state index contributed by atoms with van der Waals surface area (Å²) < 4.78 is 6.09. The van der Waals surface area contributed by atoms with Crippen LogP contribution in [-0.4, -0.2) is 37.0 Å². The van der Waals surface area contributed by atoms with Gasteiger partial charge in [0.25, 0.3) is 5.91 Å². The molecule has 0 radical (unpaired) electrons. The fraction of sp³-hybridized carbons (Fsp3) is 0.192. The highest BCUT2D eigenvalue weighted by Gasteiger charge is 2.28. The van der Waals surface area contributed by atoms with Gasteiger partial charge in [-0.3, -0.25) is 4.79 Å². The first-order valence-electron chi connectivity index (χ1n) is 10.7. The van der Waals surface area contributed by atoms with Crippen LogP contribution in [-0.2, 0) is 5.75 Å². The van der Waals surface area contributed by atoms with Gasteiger partial charge < -0.3 is 14.2 Å². The number of nitrogens with zero attached hydrogens (tertiary/aromatic N) is 2. The van der Waals surface area contributed by atoms with E-state index in [1.165, 1.54) is 5.69 Å². The standard InChI is InChI=1S/C26H23ClN2O2S/c27-19-10-12-21(13-11-19)32-18-23-22-8-4-5-9-24(22)31-25(23)26(30)29-16-14-28(15-17-29)20-6-2-1-3-7-20/h1-13H,14-18H2. The van der Waals surface area contributed by atoms with Gasteiger partial charge in [-0.1, -0.05) is 48.0 Å². The second kappa shape index (κ2) is 9.31. The lowest BCUT2D eigenvalue weighted by Crippen LogP contribution is -2.48. The fourth-order valence-corrected chi connectivity index (χ4v) is 5.10. The maximum Gasteiger partial charge on any atom is 0.290 e. The van der Waals surface area contributed by atoms with Crippen LogP contribution >= 0.6 is 23.4 Å². The number of carbonyl (C=O) groups excluding carboxylic acids is 1. The second-order valence-electron chi connectivity index (χ2n) is 7.76. The van der Waals surface area contributed by atoms with Crippen molar-refractivity contribution in [1.29, 1.82) is 0 Å². The molecule has 4 nitrogen and oxygen atoms in total. The number of fused-ring (bicyclic) bond motifs is 1. The third kappa shape index (κ3) is 4.36. The number of para-hydroxylation sites is 2. The van der Waals surface area contributed by atoms with Gasteiger partial charge in [0.15, 0.2) is 5.76 Å². The normalized spacial score (nSPS) is 14.2. The van der Waals surface area contributed by atoms with Crippen LogP contribution in [0.1, 0.15) is 16.1 Å². The van der Waals surface area contributed by atoms with E-state index in [4.69, 9.17) is 16.0 Å². The number of anilines is 1. The van der Waals surface area contributed by atoms with Crippen molar-refractivity contribution in [2.75, 3.05) is 31.1 Å². The topological polar surface area (TPSA) is 36.7 Å². The summed E-state index contributed by atoms with van der Waals surface area (Å²) in [5.41, 5.74) is 2.91. The average Bonchev–Trinajstić information content (AvgIpc) is 3.22. The molecule has 1 aliphatic heterocycles. The van der Waals surface area contributed by atoms with Crippen LogP contribution in [0.25, 0.3) is 11.0 Å². The number of rotatable bonds is 5. The monoisotopic (exact) mass is 462 g/mol. The summed E-state index contributed by atoms with van der Waals surface area (Å²) >= 11 is 7.69. The number of carbonyl (C=O) groups is 1. The lowest BCUT2D eigenvalue weighted by atomic mass is 10.1. The molecule has 0 saturated carbocycles. The van der Waals surface area contributed by atoms with E-state index >= 15 is 0 Å². The highest BCUT2D eigenvalue weighted by atomic mass is 35.5. The third-order valence-corrected chi connectivity index (χ3v) is 7.07. The molecule has 0 aliphatic carbocycles. The van der Waals surface area contributed by atoms with E-state index in [2.05, 4.69) is 17.0 Å². The van der Waals surface area contributed by atoms with E-state index in [1.807, 2.05) is 71.6 Å². The Morgan fingerprint density at radius 1 is 0.875 bits per heavy atom. The molecule has 1 aromatic heterocycles. The Bertz CT molecular complexity index is 1220. The zero-order valence-corrected chi connectivity index (χ0v) is 19.1. The minimum atomic E-state index is -0.0272.